The maximum atomic E-state index is 12.8. The lowest BCUT2D eigenvalue weighted by Gasteiger charge is -2.27. The Morgan fingerprint density at radius 2 is 1.95 bits per heavy atom. The van der Waals surface area contributed by atoms with Crippen LogP contribution in [0.3, 0.4) is 0 Å². The van der Waals surface area contributed by atoms with Gasteiger partial charge < -0.3 is 11.5 Å². The quantitative estimate of drug-likeness (QED) is 0.794. The van der Waals surface area contributed by atoms with Crippen LogP contribution in [0.15, 0.2) is 23.1 Å². The lowest BCUT2D eigenvalue weighted by atomic mass is 10.2. The van der Waals surface area contributed by atoms with E-state index in [4.69, 9.17) is 23.1 Å². The van der Waals surface area contributed by atoms with Gasteiger partial charge >= 0.3 is 0 Å². The molecule has 21 heavy (non-hydrogen) atoms. The number of hydrogen-bond donors (Lipinski definition) is 2. The van der Waals surface area contributed by atoms with Crippen LogP contribution in [0.25, 0.3) is 0 Å². The van der Waals surface area contributed by atoms with Crippen LogP contribution in [0.4, 0.5) is 5.69 Å². The summed E-state index contributed by atoms with van der Waals surface area (Å²) in [5, 5.41) is 0.272. The molecule has 0 heterocycles. The summed E-state index contributed by atoms with van der Waals surface area (Å²) < 4.78 is 26.8. The van der Waals surface area contributed by atoms with Crippen molar-refractivity contribution in [3.63, 3.8) is 0 Å². The van der Waals surface area contributed by atoms with Crippen molar-refractivity contribution in [3.05, 3.63) is 23.2 Å². The molecule has 1 amide bonds. The zero-order valence-corrected chi connectivity index (χ0v) is 13.0. The van der Waals surface area contributed by atoms with E-state index in [1.165, 1.54) is 18.2 Å². The smallest absolute Gasteiger partial charge is 0.245 e. The van der Waals surface area contributed by atoms with E-state index in [1.807, 2.05) is 0 Å². The molecular formula is C13H18ClN3O3S. The number of nitrogens with two attached hydrogens (primary N) is 2. The van der Waals surface area contributed by atoms with Crippen LogP contribution >= 0.6 is 11.6 Å². The molecule has 0 spiro atoms. The Bertz CT molecular complexity index is 642. The number of amides is 1. The fourth-order valence-electron chi connectivity index (χ4n) is 2.61. The average Bonchev–Trinajstić information content (AvgIpc) is 2.92. The first kappa shape index (κ1) is 16.1. The molecule has 4 N–H and O–H groups in total. The minimum Gasteiger partial charge on any atom is -0.398 e. The molecule has 1 aliphatic rings. The van der Waals surface area contributed by atoms with E-state index in [0.29, 0.717) is 12.8 Å². The Hall–Kier alpha value is -1.31. The van der Waals surface area contributed by atoms with Gasteiger partial charge in [-0.25, -0.2) is 8.42 Å². The lowest BCUT2D eigenvalue weighted by Crippen LogP contribution is -2.44. The molecule has 0 atom stereocenters. The van der Waals surface area contributed by atoms with Crippen molar-refractivity contribution in [2.24, 2.45) is 5.73 Å². The molecule has 0 saturated heterocycles. The van der Waals surface area contributed by atoms with Crippen LogP contribution in [0, 0.1) is 0 Å². The number of sulfonamides is 1. The largest absolute Gasteiger partial charge is 0.398 e. The second-order valence-corrected chi connectivity index (χ2v) is 7.43. The second kappa shape index (κ2) is 6.21. The van der Waals surface area contributed by atoms with Crippen molar-refractivity contribution in [3.8, 4) is 0 Å². The fourth-order valence-corrected chi connectivity index (χ4v) is 4.65. The van der Waals surface area contributed by atoms with Crippen molar-refractivity contribution >= 4 is 33.2 Å². The van der Waals surface area contributed by atoms with Gasteiger partial charge in [-0.3, -0.25) is 4.79 Å². The van der Waals surface area contributed by atoms with Crippen LogP contribution in [-0.2, 0) is 14.8 Å². The van der Waals surface area contributed by atoms with Gasteiger partial charge in [-0.15, -0.1) is 0 Å². The maximum Gasteiger partial charge on any atom is 0.245 e. The standard InChI is InChI=1S/C13H18ClN3O3S/c14-9-5-6-11(15)12(7-9)21(19,20)17(8-13(16)18)10-3-1-2-4-10/h5-7,10H,1-4,8,15H2,(H2,16,18). The van der Waals surface area contributed by atoms with Crippen LogP contribution < -0.4 is 11.5 Å². The number of halogens is 1. The summed E-state index contributed by atoms with van der Waals surface area (Å²) in [7, 11) is -3.91. The first-order valence-corrected chi connectivity index (χ1v) is 8.49. The zero-order chi connectivity index (χ0) is 15.6. The van der Waals surface area contributed by atoms with E-state index in [0.717, 1.165) is 17.1 Å². The molecule has 6 nitrogen and oxygen atoms in total. The van der Waals surface area contributed by atoms with Gasteiger partial charge in [0.1, 0.15) is 4.90 Å². The molecule has 116 valence electrons. The third-order valence-electron chi connectivity index (χ3n) is 3.61. The van der Waals surface area contributed by atoms with Crippen molar-refractivity contribution < 1.29 is 13.2 Å². The number of primary amides is 1. The van der Waals surface area contributed by atoms with E-state index < -0.39 is 15.9 Å². The minimum absolute atomic E-state index is 0.0804. The summed E-state index contributed by atoms with van der Waals surface area (Å²) in [5.41, 5.74) is 11.1. The number of benzene rings is 1. The van der Waals surface area contributed by atoms with Gasteiger partial charge in [-0.2, -0.15) is 4.31 Å². The predicted octanol–water partition coefficient (Wildman–Crippen LogP) is 1.34. The average molecular weight is 332 g/mol. The van der Waals surface area contributed by atoms with Crippen molar-refractivity contribution in [1.82, 2.24) is 4.31 Å². The third kappa shape index (κ3) is 3.48. The fraction of sp³-hybridized carbons (Fsp3) is 0.462. The molecule has 0 bridgehead atoms. The highest BCUT2D eigenvalue weighted by atomic mass is 35.5. The SMILES string of the molecule is NC(=O)CN(C1CCCC1)S(=O)(=O)c1cc(Cl)ccc1N. The van der Waals surface area contributed by atoms with E-state index in [9.17, 15) is 13.2 Å². The van der Waals surface area contributed by atoms with Gasteiger partial charge in [0.15, 0.2) is 0 Å². The van der Waals surface area contributed by atoms with Crippen LogP contribution in [0.5, 0.6) is 0 Å². The summed E-state index contributed by atoms with van der Waals surface area (Å²) in [6.07, 6.45) is 3.29. The number of anilines is 1. The Balaban J connectivity index is 2.45. The summed E-state index contributed by atoms with van der Waals surface area (Å²) in [6, 6.07) is 4.03. The molecule has 0 aromatic heterocycles. The van der Waals surface area contributed by atoms with Gasteiger partial charge in [0.25, 0.3) is 0 Å². The normalized spacial score (nSPS) is 16.5. The highest BCUT2D eigenvalue weighted by molar-refractivity contribution is 7.89. The highest BCUT2D eigenvalue weighted by Gasteiger charge is 2.35. The van der Waals surface area contributed by atoms with Crippen molar-refractivity contribution in [2.45, 2.75) is 36.6 Å². The Labute approximate surface area is 129 Å². The number of nitrogens with zero attached hydrogens (tertiary/aromatic N) is 1. The number of rotatable bonds is 5. The van der Waals surface area contributed by atoms with Crippen LogP contribution in [0.2, 0.25) is 5.02 Å². The Kier molecular flexibility index (Phi) is 4.75. The summed E-state index contributed by atoms with van der Waals surface area (Å²) in [4.78, 5) is 11.2. The molecule has 2 rings (SSSR count). The summed E-state index contributed by atoms with van der Waals surface area (Å²) >= 11 is 5.86. The molecule has 0 aliphatic heterocycles. The van der Waals surface area contributed by atoms with E-state index in [2.05, 4.69) is 0 Å². The number of carbonyl (C=O) groups is 1. The summed E-state index contributed by atoms with van der Waals surface area (Å²) in [5.74, 6) is -0.689. The van der Waals surface area contributed by atoms with Gasteiger partial charge in [0.2, 0.25) is 15.9 Å². The molecule has 1 saturated carbocycles. The van der Waals surface area contributed by atoms with Gasteiger partial charge in [-0.05, 0) is 31.0 Å². The molecule has 1 fully saturated rings. The zero-order valence-electron chi connectivity index (χ0n) is 11.5. The first-order valence-electron chi connectivity index (χ1n) is 6.67. The van der Waals surface area contributed by atoms with Gasteiger partial charge in [0, 0.05) is 11.1 Å². The van der Waals surface area contributed by atoms with E-state index in [-0.39, 0.29) is 28.2 Å². The van der Waals surface area contributed by atoms with Crippen LogP contribution in [0.1, 0.15) is 25.7 Å². The van der Waals surface area contributed by atoms with Crippen LogP contribution in [-0.4, -0.2) is 31.2 Å². The summed E-state index contributed by atoms with van der Waals surface area (Å²) in [6.45, 7) is -0.348. The molecule has 1 aromatic rings. The van der Waals surface area contributed by atoms with Gasteiger partial charge in [-0.1, -0.05) is 24.4 Å². The Morgan fingerprint density at radius 3 is 2.52 bits per heavy atom. The Morgan fingerprint density at radius 1 is 1.33 bits per heavy atom. The third-order valence-corrected chi connectivity index (χ3v) is 5.80. The molecule has 0 radical (unpaired) electrons. The molecule has 8 heteroatoms. The predicted molar refractivity (Wildman–Crippen MR) is 81.2 cm³/mol. The van der Waals surface area contributed by atoms with E-state index in [1.54, 1.807) is 0 Å². The molecule has 1 aliphatic carbocycles. The first-order chi connectivity index (χ1) is 9.82. The lowest BCUT2D eigenvalue weighted by molar-refractivity contribution is -0.118. The number of carbonyl (C=O) groups excluding carboxylic acids is 1. The molecular weight excluding hydrogens is 314 g/mol. The number of hydrogen-bond acceptors (Lipinski definition) is 4. The van der Waals surface area contributed by atoms with Gasteiger partial charge in [0.05, 0.1) is 12.2 Å². The maximum absolute atomic E-state index is 12.8. The molecule has 1 aromatic carbocycles. The highest BCUT2D eigenvalue weighted by Crippen LogP contribution is 2.31. The molecule has 0 unspecified atom stereocenters. The second-order valence-electron chi connectivity index (χ2n) is 5.14. The van der Waals surface area contributed by atoms with Crippen molar-refractivity contribution in [2.75, 3.05) is 12.3 Å². The topological polar surface area (TPSA) is 106 Å². The van der Waals surface area contributed by atoms with E-state index >= 15 is 0 Å². The minimum atomic E-state index is -3.91. The monoisotopic (exact) mass is 331 g/mol. The number of nitrogen functional groups attached to an aromatic ring is 1. The van der Waals surface area contributed by atoms with Crippen molar-refractivity contribution in [1.29, 1.82) is 0 Å².